The highest BCUT2D eigenvalue weighted by atomic mass is 15.2. The third-order valence-corrected chi connectivity index (χ3v) is 3.63. The molecule has 0 spiro atoms. The Bertz CT molecular complexity index is 182. The molecular weight excluding hydrogens is 198 g/mol. The van der Waals surface area contributed by atoms with Gasteiger partial charge in [-0.1, -0.05) is 6.92 Å². The summed E-state index contributed by atoms with van der Waals surface area (Å²) in [6, 6.07) is 1.42. The molecule has 0 saturated carbocycles. The first-order valence-corrected chi connectivity index (χ1v) is 6.79. The van der Waals surface area contributed by atoms with Gasteiger partial charge in [0.2, 0.25) is 0 Å². The highest BCUT2D eigenvalue weighted by Gasteiger charge is 2.20. The number of rotatable bonds is 7. The molecular formula is C13H29N3. The van der Waals surface area contributed by atoms with Crippen LogP contribution in [0.3, 0.4) is 0 Å². The molecule has 1 atom stereocenters. The number of hydrogen-bond acceptors (Lipinski definition) is 3. The van der Waals surface area contributed by atoms with E-state index in [1.165, 1.54) is 39.0 Å². The second-order valence-corrected chi connectivity index (χ2v) is 5.27. The quantitative estimate of drug-likeness (QED) is 0.709. The van der Waals surface area contributed by atoms with Gasteiger partial charge in [0.25, 0.3) is 0 Å². The molecule has 1 aliphatic heterocycles. The van der Waals surface area contributed by atoms with Crippen molar-refractivity contribution >= 4 is 0 Å². The normalized spacial score (nSPS) is 22.5. The molecule has 1 N–H and O–H groups in total. The molecule has 0 bridgehead atoms. The van der Waals surface area contributed by atoms with Gasteiger partial charge in [0.05, 0.1) is 0 Å². The highest BCUT2D eigenvalue weighted by Crippen LogP contribution is 2.09. The highest BCUT2D eigenvalue weighted by molar-refractivity contribution is 4.80. The minimum absolute atomic E-state index is 0.674. The molecule has 3 nitrogen and oxygen atoms in total. The lowest BCUT2D eigenvalue weighted by molar-refractivity contribution is 0.243. The van der Waals surface area contributed by atoms with Gasteiger partial charge in [0, 0.05) is 18.6 Å². The SMILES string of the molecule is CCNC1CCN(CCCN(C)C(C)C)C1. The molecule has 1 saturated heterocycles. The van der Waals surface area contributed by atoms with Crippen LogP contribution < -0.4 is 5.32 Å². The predicted octanol–water partition coefficient (Wildman–Crippen LogP) is 1.40. The van der Waals surface area contributed by atoms with Crippen molar-refractivity contribution in [2.45, 2.75) is 45.7 Å². The summed E-state index contributed by atoms with van der Waals surface area (Å²) < 4.78 is 0. The Hall–Kier alpha value is -0.120. The molecule has 3 heteroatoms. The zero-order valence-corrected chi connectivity index (χ0v) is 11.5. The van der Waals surface area contributed by atoms with Gasteiger partial charge in [-0.2, -0.15) is 0 Å². The Kier molecular flexibility index (Phi) is 6.32. The monoisotopic (exact) mass is 227 g/mol. The molecule has 0 amide bonds. The Morgan fingerprint density at radius 2 is 2.19 bits per heavy atom. The maximum Gasteiger partial charge on any atom is 0.0207 e. The summed E-state index contributed by atoms with van der Waals surface area (Å²) in [6.45, 7) is 12.8. The first-order chi connectivity index (χ1) is 7.63. The van der Waals surface area contributed by atoms with E-state index in [1.54, 1.807) is 0 Å². The van der Waals surface area contributed by atoms with Gasteiger partial charge in [-0.05, 0) is 59.9 Å². The fourth-order valence-corrected chi connectivity index (χ4v) is 2.29. The van der Waals surface area contributed by atoms with Gasteiger partial charge in [-0.3, -0.25) is 0 Å². The first kappa shape index (κ1) is 13.9. The number of likely N-dealkylation sites (tertiary alicyclic amines) is 1. The minimum atomic E-state index is 0.674. The zero-order chi connectivity index (χ0) is 12.0. The van der Waals surface area contributed by atoms with Gasteiger partial charge in [-0.25, -0.2) is 0 Å². The molecule has 0 aromatic rings. The lowest BCUT2D eigenvalue weighted by Crippen LogP contribution is -2.34. The predicted molar refractivity (Wildman–Crippen MR) is 70.9 cm³/mol. The van der Waals surface area contributed by atoms with E-state index in [0.717, 1.165) is 12.6 Å². The fourth-order valence-electron chi connectivity index (χ4n) is 2.29. The molecule has 0 aromatic heterocycles. The largest absolute Gasteiger partial charge is 0.313 e. The number of hydrogen-bond donors (Lipinski definition) is 1. The second-order valence-electron chi connectivity index (χ2n) is 5.27. The van der Waals surface area contributed by atoms with E-state index < -0.39 is 0 Å². The van der Waals surface area contributed by atoms with Crippen molar-refractivity contribution in [1.82, 2.24) is 15.1 Å². The van der Waals surface area contributed by atoms with Crippen LogP contribution in [0.15, 0.2) is 0 Å². The number of nitrogens with one attached hydrogen (secondary N) is 1. The van der Waals surface area contributed by atoms with Crippen LogP contribution in [-0.4, -0.2) is 61.7 Å². The van der Waals surface area contributed by atoms with Gasteiger partial charge in [0.1, 0.15) is 0 Å². The van der Waals surface area contributed by atoms with E-state index in [9.17, 15) is 0 Å². The smallest absolute Gasteiger partial charge is 0.0207 e. The Morgan fingerprint density at radius 1 is 1.44 bits per heavy atom. The van der Waals surface area contributed by atoms with E-state index in [-0.39, 0.29) is 0 Å². The third kappa shape index (κ3) is 4.81. The summed E-state index contributed by atoms with van der Waals surface area (Å²) in [5.74, 6) is 0. The molecule has 0 aromatic carbocycles. The minimum Gasteiger partial charge on any atom is -0.313 e. The maximum atomic E-state index is 3.54. The van der Waals surface area contributed by atoms with E-state index >= 15 is 0 Å². The van der Waals surface area contributed by atoms with Gasteiger partial charge in [-0.15, -0.1) is 0 Å². The molecule has 0 aliphatic carbocycles. The molecule has 1 unspecified atom stereocenters. The van der Waals surface area contributed by atoms with E-state index in [0.29, 0.717) is 6.04 Å². The Morgan fingerprint density at radius 3 is 2.81 bits per heavy atom. The Labute approximate surface area is 101 Å². The second kappa shape index (κ2) is 7.25. The van der Waals surface area contributed by atoms with Crippen LogP contribution in [0.1, 0.15) is 33.6 Å². The molecule has 1 aliphatic rings. The van der Waals surface area contributed by atoms with Crippen molar-refractivity contribution in [3.8, 4) is 0 Å². The molecule has 1 fully saturated rings. The molecule has 0 radical (unpaired) electrons. The number of nitrogens with zero attached hydrogens (tertiary/aromatic N) is 2. The zero-order valence-electron chi connectivity index (χ0n) is 11.5. The van der Waals surface area contributed by atoms with Crippen molar-refractivity contribution in [1.29, 1.82) is 0 Å². The van der Waals surface area contributed by atoms with E-state index in [1.807, 2.05) is 0 Å². The fraction of sp³-hybridized carbons (Fsp3) is 1.00. The van der Waals surface area contributed by atoms with E-state index in [4.69, 9.17) is 0 Å². The summed E-state index contributed by atoms with van der Waals surface area (Å²) in [5.41, 5.74) is 0. The summed E-state index contributed by atoms with van der Waals surface area (Å²) in [6.07, 6.45) is 2.63. The summed E-state index contributed by atoms with van der Waals surface area (Å²) >= 11 is 0. The lowest BCUT2D eigenvalue weighted by Gasteiger charge is -2.23. The first-order valence-electron chi connectivity index (χ1n) is 6.79. The standard InChI is InChI=1S/C13H29N3/c1-5-14-13-7-10-16(11-13)9-6-8-15(4)12(2)3/h12-14H,5-11H2,1-4H3. The summed E-state index contributed by atoms with van der Waals surface area (Å²) in [4.78, 5) is 5.03. The van der Waals surface area contributed by atoms with Crippen molar-refractivity contribution < 1.29 is 0 Å². The van der Waals surface area contributed by atoms with E-state index in [2.05, 4.69) is 42.9 Å². The molecule has 96 valence electrons. The van der Waals surface area contributed by atoms with Crippen molar-refractivity contribution in [3.63, 3.8) is 0 Å². The van der Waals surface area contributed by atoms with Crippen molar-refractivity contribution in [2.24, 2.45) is 0 Å². The van der Waals surface area contributed by atoms with Crippen molar-refractivity contribution in [3.05, 3.63) is 0 Å². The topological polar surface area (TPSA) is 18.5 Å². The van der Waals surface area contributed by atoms with Crippen molar-refractivity contribution in [2.75, 3.05) is 39.8 Å². The molecule has 16 heavy (non-hydrogen) atoms. The van der Waals surface area contributed by atoms with Gasteiger partial charge < -0.3 is 15.1 Å². The van der Waals surface area contributed by atoms with Crippen LogP contribution in [-0.2, 0) is 0 Å². The van der Waals surface area contributed by atoms with Crippen LogP contribution in [0, 0.1) is 0 Å². The summed E-state index contributed by atoms with van der Waals surface area (Å²) in [7, 11) is 2.22. The van der Waals surface area contributed by atoms with Crippen LogP contribution >= 0.6 is 0 Å². The summed E-state index contributed by atoms with van der Waals surface area (Å²) in [5, 5.41) is 3.54. The van der Waals surface area contributed by atoms with Crippen LogP contribution in [0.25, 0.3) is 0 Å². The van der Waals surface area contributed by atoms with Gasteiger partial charge in [0.15, 0.2) is 0 Å². The Balaban J connectivity index is 2.06. The van der Waals surface area contributed by atoms with Crippen LogP contribution in [0.4, 0.5) is 0 Å². The number of likely N-dealkylation sites (N-methyl/N-ethyl adjacent to an activating group) is 1. The van der Waals surface area contributed by atoms with Gasteiger partial charge >= 0.3 is 0 Å². The average Bonchev–Trinajstić information content (AvgIpc) is 2.66. The van der Waals surface area contributed by atoms with Crippen LogP contribution in [0.2, 0.25) is 0 Å². The average molecular weight is 227 g/mol. The molecule has 1 heterocycles. The maximum absolute atomic E-state index is 3.54. The molecule has 1 rings (SSSR count). The lowest BCUT2D eigenvalue weighted by atomic mass is 10.3. The third-order valence-electron chi connectivity index (χ3n) is 3.63. The van der Waals surface area contributed by atoms with Crippen LogP contribution in [0.5, 0.6) is 0 Å².